The maximum absolute atomic E-state index is 12.6. The molecule has 0 spiro atoms. The van der Waals surface area contributed by atoms with Crippen molar-refractivity contribution in [3.05, 3.63) is 41.9 Å². The van der Waals surface area contributed by atoms with Gasteiger partial charge in [-0.05, 0) is 31.2 Å². The summed E-state index contributed by atoms with van der Waals surface area (Å²) in [6, 6.07) is 5.86. The molecule has 4 heteroatoms. The largest absolute Gasteiger partial charge is 0.466 e. The van der Waals surface area contributed by atoms with E-state index in [1.165, 1.54) is 25.3 Å². The van der Waals surface area contributed by atoms with Crippen LogP contribution in [0.4, 0.5) is 10.1 Å². The van der Waals surface area contributed by atoms with E-state index in [-0.39, 0.29) is 5.82 Å². The van der Waals surface area contributed by atoms with Gasteiger partial charge < -0.3 is 10.1 Å². The maximum Gasteiger partial charge on any atom is 0.332 e. The third-order valence-electron chi connectivity index (χ3n) is 1.72. The van der Waals surface area contributed by atoms with Crippen LogP contribution in [0.3, 0.4) is 0 Å². The smallest absolute Gasteiger partial charge is 0.332 e. The Balaban J connectivity index is 2.66. The lowest BCUT2D eigenvalue weighted by molar-refractivity contribution is -0.134. The number of hydrogen-bond acceptors (Lipinski definition) is 3. The molecule has 1 rings (SSSR count). The zero-order valence-electron chi connectivity index (χ0n) is 8.58. The van der Waals surface area contributed by atoms with E-state index >= 15 is 0 Å². The summed E-state index contributed by atoms with van der Waals surface area (Å²) in [5.74, 6) is -0.725. The normalized spacial score (nSPS) is 11.0. The van der Waals surface area contributed by atoms with Gasteiger partial charge in [0, 0.05) is 17.5 Å². The first-order valence-corrected chi connectivity index (χ1v) is 4.40. The van der Waals surface area contributed by atoms with Gasteiger partial charge in [-0.25, -0.2) is 9.18 Å². The van der Waals surface area contributed by atoms with Gasteiger partial charge in [0.05, 0.1) is 7.11 Å². The van der Waals surface area contributed by atoms with Crippen LogP contribution in [0.1, 0.15) is 6.92 Å². The second-order valence-electron chi connectivity index (χ2n) is 2.98. The number of rotatable bonds is 3. The van der Waals surface area contributed by atoms with Crippen LogP contribution in [-0.2, 0) is 9.53 Å². The van der Waals surface area contributed by atoms with Crippen LogP contribution in [0.2, 0.25) is 0 Å². The average Bonchev–Trinajstić information content (AvgIpc) is 2.21. The molecule has 80 valence electrons. The molecule has 3 nitrogen and oxygen atoms in total. The first-order chi connectivity index (χ1) is 7.11. The van der Waals surface area contributed by atoms with Crippen LogP contribution in [-0.4, -0.2) is 13.1 Å². The number of hydrogen-bond donors (Lipinski definition) is 1. The van der Waals surface area contributed by atoms with Crippen molar-refractivity contribution in [3.63, 3.8) is 0 Å². The molecule has 0 aliphatic rings. The number of ether oxygens (including phenoxy) is 1. The summed E-state index contributed by atoms with van der Waals surface area (Å²) < 4.78 is 17.0. The molecular formula is C11H12FNO2. The molecule has 0 amide bonds. The number of benzene rings is 1. The van der Waals surface area contributed by atoms with Crippen LogP contribution in [0.15, 0.2) is 36.0 Å². The van der Waals surface area contributed by atoms with E-state index in [0.29, 0.717) is 11.4 Å². The minimum Gasteiger partial charge on any atom is -0.466 e. The average molecular weight is 209 g/mol. The monoisotopic (exact) mass is 209 g/mol. The van der Waals surface area contributed by atoms with Crippen molar-refractivity contribution in [3.8, 4) is 0 Å². The van der Waals surface area contributed by atoms with E-state index in [4.69, 9.17) is 0 Å². The van der Waals surface area contributed by atoms with Gasteiger partial charge in [0.1, 0.15) is 5.82 Å². The van der Waals surface area contributed by atoms with Crippen LogP contribution < -0.4 is 5.32 Å². The van der Waals surface area contributed by atoms with Crippen molar-refractivity contribution in [1.29, 1.82) is 0 Å². The number of carbonyl (C=O) groups excluding carboxylic acids is 1. The topological polar surface area (TPSA) is 38.3 Å². The Morgan fingerprint density at radius 1 is 1.40 bits per heavy atom. The van der Waals surface area contributed by atoms with Gasteiger partial charge in [0.2, 0.25) is 0 Å². The minimum atomic E-state index is -0.429. The van der Waals surface area contributed by atoms with Crippen LogP contribution >= 0.6 is 0 Å². The van der Waals surface area contributed by atoms with Gasteiger partial charge in [-0.3, -0.25) is 0 Å². The predicted molar refractivity (Wildman–Crippen MR) is 55.8 cm³/mol. The molecule has 1 aromatic rings. The zero-order chi connectivity index (χ0) is 11.3. The van der Waals surface area contributed by atoms with Gasteiger partial charge in [-0.2, -0.15) is 0 Å². The molecule has 0 atom stereocenters. The molecule has 0 heterocycles. The number of esters is 1. The zero-order valence-corrected chi connectivity index (χ0v) is 8.58. The van der Waals surface area contributed by atoms with Gasteiger partial charge in [0.25, 0.3) is 0 Å². The van der Waals surface area contributed by atoms with E-state index in [2.05, 4.69) is 10.1 Å². The van der Waals surface area contributed by atoms with Crippen molar-refractivity contribution < 1.29 is 13.9 Å². The molecule has 0 aromatic heterocycles. The van der Waals surface area contributed by atoms with Crippen LogP contribution in [0.5, 0.6) is 0 Å². The lowest BCUT2D eigenvalue weighted by Crippen LogP contribution is -2.01. The fourth-order valence-electron chi connectivity index (χ4n) is 1.03. The molecule has 1 aromatic carbocycles. The summed E-state index contributed by atoms with van der Waals surface area (Å²) in [5.41, 5.74) is 1.35. The second-order valence-corrected chi connectivity index (χ2v) is 2.98. The molecule has 0 saturated carbocycles. The van der Waals surface area contributed by atoms with Gasteiger partial charge in [-0.15, -0.1) is 0 Å². The molecule has 0 aliphatic heterocycles. The number of anilines is 1. The van der Waals surface area contributed by atoms with Gasteiger partial charge >= 0.3 is 5.97 Å². The van der Waals surface area contributed by atoms with Crippen molar-refractivity contribution >= 4 is 11.7 Å². The van der Waals surface area contributed by atoms with Gasteiger partial charge in [0.15, 0.2) is 0 Å². The highest BCUT2D eigenvalue weighted by Crippen LogP contribution is 2.10. The highest BCUT2D eigenvalue weighted by Gasteiger charge is 1.97. The SMILES string of the molecule is COC(=O)/C=C(\C)Nc1ccc(F)cc1. The molecule has 0 saturated heterocycles. The number of nitrogens with one attached hydrogen (secondary N) is 1. The summed E-state index contributed by atoms with van der Waals surface area (Å²) >= 11 is 0. The molecule has 15 heavy (non-hydrogen) atoms. The second kappa shape index (κ2) is 5.14. The first kappa shape index (κ1) is 11.2. The fourth-order valence-corrected chi connectivity index (χ4v) is 1.03. The van der Waals surface area contributed by atoms with E-state index < -0.39 is 5.97 Å². The third kappa shape index (κ3) is 3.81. The molecule has 0 aliphatic carbocycles. The maximum atomic E-state index is 12.6. The summed E-state index contributed by atoms with van der Waals surface area (Å²) in [6.45, 7) is 1.72. The van der Waals surface area contributed by atoms with Crippen molar-refractivity contribution in [2.75, 3.05) is 12.4 Å². The molecule has 0 unspecified atom stereocenters. The van der Waals surface area contributed by atoms with E-state index in [0.717, 1.165) is 0 Å². The number of halogens is 1. The van der Waals surface area contributed by atoms with Crippen molar-refractivity contribution in [1.82, 2.24) is 0 Å². The fraction of sp³-hybridized carbons (Fsp3) is 0.182. The standard InChI is InChI=1S/C11H12FNO2/c1-8(7-11(14)15-2)13-10-5-3-9(12)4-6-10/h3-7,13H,1-2H3/b8-7+. The highest BCUT2D eigenvalue weighted by atomic mass is 19.1. The number of allylic oxidation sites excluding steroid dienone is 1. The lowest BCUT2D eigenvalue weighted by atomic mass is 10.3. The summed E-state index contributed by atoms with van der Waals surface area (Å²) in [7, 11) is 1.31. The lowest BCUT2D eigenvalue weighted by Gasteiger charge is -2.05. The molecule has 0 bridgehead atoms. The van der Waals surface area contributed by atoms with Crippen molar-refractivity contribution in [2.45, 2.75) is 6.92 Å². The minimum absolute atomic E-state index is 0.296. The Bertz CT molecular complexity index is 371. The van der Waals surface area contributed by atoms with E-state index in [9.17, 15) is 9.18 Å². The Morgan fingerprint density at radius 3 is 2.53 bits per heavy atom. The summed E-state index contributed by atoms with van der Waals surface area (Å²) in [6.07, 6.45) is 1.32. The Hall–Kier alpha value is -1.84. The van der Waals surface area contributed by atoms with E-state index in [1.807, 2.05) is 0 Å². The Morgan fingerprint density at radius 2 is 2.00 bits per heavy atom. The summed E-state index contributed by atoms with van der Waals surface area (Å²) in [5, 5.41) is 2.93. The highest BCUT2D eigenvalue weighted by molar-refractivity contribution is 5.83. The first-order valence-electron chi connectivity index (χ1n) is 4.40. The molecule has 1 N–H and O–H groups in total. The molecular weight excluding hydrogens is 197 g/mol. The molecule has 0 radical (unpaired) electrons. The summed E-state index contributed by atoms with van der Waals surface area (Å²) in [4.78, 5) is 10.9. The van der Waals surface area contributed by atoms with Crippen molar-refractivity contribution in [2.24, 2.45) is 0 Å². The number of carbonyl (C=O) groups is 1. The molecule has 0 fully saturated rings. The Labute approximate surface area is 87.6 Å². The van der Waals surface area contributed by atoms with Gasteiger partial charge in [-0.1, -0.05) is 0 Å². The predicted octanol–water partition coefficient (Wildman–Crippen LogP) is 2.31. The third-order valence-corrected chi connectivity index (χ3v) is 1.72. The Kier molecular flexibility index (Phi) is 3.85. The number of methoxy groups -OCH3 is 1. The van der Waals surface area contributed by atoms with E-state index in [1.54, 1.807) is 19.1 Å². The van der Waals surface area contributed by atoms with Crippen LogP contribution in [0.25, 0.3) is 0 Å². The quantitative estimate of drug-likeness (QED) is 0.613. The van der Waals surface area contributed by atoms with Crippen LogP contribution in [0, 0.1) is 5.82 Å².